The highest BCUT2D eigenvalue weighted by molar-refractivity contribution is 5.95. The molecule has 1 amide bonds. The number of rotatable bonds is 4. The molecule has 1 rings (SSSR count). The number of benzene rings is 1. The topological polar surface area (TPSA) is 29.5 Å². The highest BCUT2D eigenvalue weighted by Gasteiger charge is 2.13. The molecule has 0 heterocycles. The first kappa shape index (κ1) is 14.3. The Bertz CT molecular complexity index is 457. The summed E-state index contributed by atoms with van der Waals surface area (Å²) in [6, 6.07) is 7.33. The summed E-state index contributed by atoms with van der Waals surface area (Å²) in [5.74, 6) is 5.97. The van der Waals surface area contributed by atoms with Crippen molar-refractivity contribution < 1.29 is 9.63 Å². The maximum Gasteiger partial charge on any atom is 0.278 e. The van der Waals surface area contributed by atoms with Gasteiger partial charge in [-0.15, -0.1) is 0 Å². The van der Waals surface area contributed by atoms with Crippen molar-refractivity contribution in [2.75, 3.05) is 14.2 Å². The Hall–Kier alpha value is -1.79. The average molecular weight is 245 g/mol. The van der Waals surface area contributed by atoms with Crippen LogP contribution in [0.25, 0.3) is 0 Å². The second-order valence-corrected chi connectivity index (χ2v) is 3.94. The molecule has 0 aliphatic heterocycles. The maximum absolute atomic E-state index is 12.0. The summed E-state index contributed by atoms with van der Waals surface area (Å²) in [5.41, 5.74) is 1.33. The predicted molar refractivity (Wildman–Crippen MR) is 71.9 cm³/mol. The highest BCUT2D eigenvalue weighted by Crippen LogP contribution is 2.10. The number of amides is 1. The largest absolute Gasteiger partial charge is 0.278 e. The van der Waals surface area contributed by atoms with Gasteiger partial charge in [0.15, 0.2) is 0 Å². The van der Waals surface area contributed by atoms with E-state index in [1.165, 1.54) is 12.2 Å². The number of hydrogen-bond donors (Lipinski definition) is 0. The van der Waals surface area contributed by atoms with E-state index in [9.17, 15) is 4.79 Å². The van der Waals surface area contributed by atoms with Gasteiger partial charge in [-0.1, -0.05) is 37.3 Å². The lowest BCUT2D eigenvalue weighted by Crippen LogP contribution is -2.26. The van der Waals surface area contributed by atoms with Crippen LogP contribution in [0.3, 0.4) is 0 Å². The third kappa shape index (κ3) is 3.90. The fraction of sp³-hybridized carbons (Fsp3) is 0.400. The van der Waals surface area contributed by atoms with Gasteiger partial charge in [-0.25, -0.2) is 5.06 Å². The molecule has 0 saturated heterocycles. The van der Waals surface area contributed by atoms with Gasteiger partial charge in [0.2, 0.25) is 0 Å². The number of unbranched alkanes of at least 4 members (excludes halogenated alkanes) is 2. The standard InChI is InChI=1S/C15H19NO2/c1-4-5-6-7-10-13-11-8-9-12-14(13)15(17)16(2)18-3/h8-9,11-12H,4-6H2,1-3H3. The van der Waals surface area contributed by atoms with Crippen LogP contribution in [0.5, 0.6) is 0 Å². The molecular weight excluding hydrogens is 226 g/mol. The number of carbonyl (C=O) groups excluding carboxylic acids is 1. The molecule has 3 heteroatoms. The Kier molecular flexibility index (Phi) is 5.96. The third-order valence-electron chi connectivity index (χ3n) is 2.60. The van der Waals surface area contributed by atoms with Crippen LogP contribution in [0.2, 0.25) is 0 Å². The lowest BCUT2D eigenvalue weighted by Gasteiger charge is -2.14. The molecule has 3 nitrogen and oxygen atoms in total. The van der Waals surface area contributed by atoms with E-state index in [4.69, 9.17) is 4.84 Å². The zero-order valence-corrected chi connectivity index (χ0v) is 11.2. The molecule has 0 atom stereocenters. The zero-order valence-electron chi connectivity index (χ0n) is 11.2. The molecule has 0 aliphatic carbocycles. The lowest BCUT2D eigenvalue weighted by atomic mass is 10.1. The molecule has 18 heavy (non-hydrogen) atoms. The van der Waals surface area contributed by atoms with Gasteiger partial charge in [-0.3, -0.25) is 9.63 Å². The molecule has 0 fully saturated rings. The van der Waals surface area contributed by atoms with Crippen LogP contribution in [0, 0.1) is 11.8 Å². The first-order valence-corrected chi connectivity index (χ1v) is 6.10. The number of hydrogen-bond acceptors (Lipinski definition) is 2. The molecule has 0 saturated carbocycles. The monoisotopic (exact) mass is 245 g/mol. The van der Waals surface area contributed by atoms with E-state index in [0.717, 1.165) is 24.8 Å². The van der Waals surface area contributed by atoms with Crippen molar-refractivity contribution in [3.8, 4) is 11.8 Å². The minimum atomic E-state index is -0.183. The van der Waals surface area contributed by atoms with E-state index < -0.39 is 0 Å². The maximum atomic E-state index is 12.0. The first-order valence-electron chi connectivity index (χ1n) is 6.10. The summed E-state index contributed by atoms with van der Waals surface area (Å²) in [6.07, 6.45) is 3.07. The van der Waals surface area contributed by atoms with Crippen LogP contribution < -0.4 is 0 Å². The van der Waals surface area contributed by atoms with Crippen LogP contribution in [-0.4, -0.2) is 25.1 Å². The second kappa shape index (κ2) is 7.52. The van der Waals surface area contributed by atoms with Crippen LogP contribution >= 0.6 is 0 Å². The van der Waals surface area contributed by atoms with E-state index in [0.29, 0.717) is 5.56 Å². The summed E-state index contributed by atoms with van der Waals surface area (Å²) in [7, 11) is 3.05. The molecule has 96 valence electrons. The van der Waals surface area contributed by atoms with Gasteiger partial charge in [0.1, 0.15) is 0 Å². The van der Waals surface area contributed by atoms with Crippen LogP contribution in [-0.2, 0) is 4.84 Å². The third-order valence-corrected chi connectivity index (χ3v) is 2.60. The molecule has 0 spiro atoms. The van der Waals surface area contributed by atoms with Gasteiger partial charge in [0.25, 0.3) is 5.91 Å². The van der Waals surface area contributed by atoms with Crippen molar-refractivity contribution in [1.82, 2.24) is 5.06 Å². The molecule has 0 aliphatic rings. The fourth-order valence-electron chi connectivity index (χ4n) is 1.45. The second-order valence-electron chi connectivity index (χ2n) is 3.94. The van der Waals surface area contributed by atoms with Crippen molar-refractivity contribution in [3.63, 3.8) is 0 Å². The molecule has 0 N–H and O–H groups in total. The molecular formula is C15H19NO2. The minimum Gasteiger partial charge on any atom is -0.274 e. The summed E-state index contributed by atoms with van der Waals surface area (Å²) in [6.45, 7) is 2.13. The first-order chi connectivity index (χ1) is 8.70. The predicted octanol–water partition coefficient (Wildman–Crippen LogP) is 2.86. The molecule has 0 bridgehead atoms. The number of nitrogens with zero attached hydrogens (tertiary/aromatic N) is 1. The van der Waals surface area contributed by atoms with E-state index in [2.05, 4.69) is 18.8 Å². The molecule has 0 aromatic heterocycles. The van der Waals surface area contributed by atoms with Gasteiger partial charge in [-0.2, -0.15) is 0 Å². The molecule has 0 radical (unpaired) electrons. The number of hydroxylamine groups is 2. The van der Waals surface area contributed by atoms with Crippen LogP contribution in [0.15, 0.2) is 24.3 Å². The Morgan fingerprint density at radius 3 is 2.78 bits per heavy atom. The Morgan fingerprint density at radius 1 is 1.39 bits per heavy atom. The summed E-state index contributed by atoms with van der Waals surface area (Å²) in [4.78, 5) is 16.9. The van der Waals surface area contributed by atoms with Crippen molar-refractivity contribution in [2.24, 2.45) is 0 Å². The van der Waals surface area contributed by atoms with Gasteiger partial charge < -0.3 is 0 Å². The normalized spacial score (nSPS) is 9.50. The zero-order chi connectivity index (χ0) is 13.4. The Morgan fingerprint density at radius 2 is 2.11 bits per heavy atom. The van der Waals surface area contributed by atoms with Crippen molar-refractivity contribution >= 4 is 5.91 Å². The Labute approximate surface area is 109 Å². The Balaban J connectivity index is 2.91. The lowest BCUT2D eigenvalue weighted by molar-refractivity contribution is -0.0757. The molecule has 0 unspecified atom stereocenters. The van der Waals surface area contributed by atoms with Gasteiger partial charge in [-0.05, 0) is 18.6 Å². The molecule has 1 aromatic carbocycles. The van der Waals surface area contributed by atoms with Crippen molar-refractivity contribution in [1.29, 1.82) is 0 Å². The average Bonchev–Trinajstić information content (AvgIpc) is 2.42. The minimum absolute atomic E-state index is 0.183. The van der Waals surface area contributed by atoms with E-state index in [1.54, 1.807) is 13.1 Å². The number of carbonyl (C=O) groups is 1. The fourth-order valence-corrected chi connectivity index (χ4v) is 1.45. The highest BCUT2D eigenvalue weighted by atomic mass is 16.7. The van der Waals surface area contributed by atoms with Crippen molar-refractivity contribution in [2.45, 2.75) is 26.2 Å². The SMILES string of the molecule is CCCCC#Cc1ccccc1C(=O)N(C)OC. The summed E-state index contributed by atoms with van der Waals surface area (Å²) < 4.78 is 0. The quantitative estimate of drug-likeness (QED) is 0.464. The summed E-state index contributed by atoms with van der Waals surface area (Å²) >= 11 is 0. The van der Waals surface area contributed by atoms with Crippen LogP contribution in [0.4, 0.5) is 0 Å². The van der Waals surface area contributed by atoms with Gasteiger partial charge >= 0.3 is 0 Å². The summed E-state index contributed by atoms with van der Waals surface area (Å²) in [5, 5.41) is 1.20. The van der Waals surface area contributed by atoms with Gasteiger partial charge in [0, 0.05) is 19.0 Å². The van der Waals surface area contributed by atoms with Crippen molar-refractivity contribution in [3.05, 3.63) is 35.4 Å². The van der Waals surface area contributed by atoms with E-state index in [1.807, 2.05) is 18.2 Å². The van der Waals surface area contributed by atoms with E-state index in [-0.39, 0.29) is 5.91 Å². The van der Waals surface area contributed by atoms with Gasteiger partial charge in [0.05, 0.1) is 12.7 Å². The smallest absolute Gasteiger partial charge is 0.274 e. The van der Waals surface area contributed by atoms with E-state index >= 15 is 0 Å². The van der Waals surface area contributed by atoms with Crippen LogP contribution in [0.1, 0.15) is 42.1 Å². The molecule has 1 aromatic rings.